The van der Waals surface area contributed by atoms with Gasteiger partial charge in [0.2, 0.25) is 0 Å². The lowest BCUT2D eigenvalue weighted by Gasteiger charge is -2.18. The van der Waals surface area contributed by atoms with Gasteiger partial charge in [0.25, 0.3) is 0 Å². The van der Waals surface area contributed by atoms with Crippen molar-refractivity contribution >= 4 is 11.6 Å². The molecular weight excluding hydrogens is 289 g/mol. The molecule has 0 fully saturated rings. The molecule has 0 aliphatic rings. The zero-order valence-corrected chi connectivity index (χ0v) is 13.4. The minimum Gasteiger partial charge on any atom is -0.457 e. The highest BCUT2D eigenvalue weighted by Gasteiger charge is 2.15. The Morgan fingerprint density at radius 3 is 2.43 bits per heavy atom. The van der Waals surface area contributed by atoms with E-state index in [4.69, 9.17) is 16.3 Å². The first-order valence-electron chi connectivity index (χ1n) is 6.83. The molecule has 2 rings (SSSR count). The number of rotatable bonds is 4. The maximum Gasteiger partial charge on any atom is 0.132 e. The largest absolute Gasteiger partial charge is 0.457 e. The highest BCUT2D eigenvalue weighted by atomic mass is 35.5. The summed E-state index contributed by atoms with van der Waals surface area (Å²) >= 11 is 5.95. The molecule has 0 aromatic heterocycles. The number of halogens is 2. The van der Waals surface area contributed by atoms with Crippen molar-refractivity contribution < 1.29 is 9.13 Å². The standard InChI is InChI=1S/C17H19ClFNO/c1-10-8-17(14(9-15(10)19)12(3)20-4)21-16-6-5-13(18)7-11(16)2/h5-9,12,20H,1-4H3. The van der Waals surface area contributed by atoms with Gasteiger partial charge in [-0.2, -0.15) is 0 Å². The summed E-state index contributed by atoms with van der Waals surface area (Å²) in [4.78, 5) is 0. The summed E-state index contributed by atoms with van der Waals surface area (Å²) in [5.41, 5.74) is 2.28. The first-order valence-corrected chi connectivity index (χ1v) is 7.21. The van der Waals surface area contributed by atoms with Crippen LogP contribution in [0.5, 0.6) is 11.5 Å². The molecule has 0 saturated heterocycles. The van der Waals surface area contributed by atoms with Crippen LogP contribution in [0.2, 0.25) is 5.02 Å². The second-order valence-corrected chi connectivity index (χ2v) is 5.60. The maximum absolute atomic E-state index is 13.8. The van der Waals surface area contributed by atoms with Crippen LogP contribution in [0.15, 0.2) is 30.3 Å². The number of hydrogen-bond acceptors (Lipinski definition) is 2. The van der Waals surface area contributed by atoms with Crippen molar-refractivity contribution in [1.82, 2.24) is 5.32 Å². The summed E-state index contributed by atoms with van der Waals surface area (Å²) in [5, 5.41) is 3.78. The second kappa shape index (κ2) is 6.46. The van der Waals surface area contributed by atoms with E-state index >= 15 is 0 Å². The highest BCUT2D eigenvalue weighted by Crippen LogP contribution is 2.34. The normalized spacial score (nSPS) is 12.3. The molecule has 21 heavy (non-hydrogen) atoms. The molecule has 112 valence electrons. The SMILES string of the molecule is CNC(C)c1cc(F)c(C)cc1Oc1ccc(Cl)cc1C. The van der Waals surface area contributed by atoms with E-state index in [1.54, 1.807) is 19.1 Å². The van der Waals surface area contributed by atoms with Crippen molar-refractivity contribution in [3.63, 3.8) is 0 Å². The van der Waals surface area contributed by atoms with Crippen molar-refractivity contribution in [2.24, 2.45) is 0 Å². The molecule has 4 heteroatoms. The van der Waals surface area contributed by atoms with Crippen LogP contribution in [-0.2, 0) is 0 Å². The third kappa shape index (κ3) is 3.55. The van der Waals surface area contributed by atoms with Gasteiger partial charge in [-0.3, -0.25) is 0 Å². The Morgan fingerprint density at radius 2 is 1.81 bits per heavy atom. The van der Waals surface area contributed by atoms with E-state index in [1.807, 2.05) is 33.0 Å². The average Bonchev–Trinajstić information content (AvgIpc) is 2.44. The van der Waals surface area contributed by atoms with E-state index in [9.17, 15) is 4.39 Å². The molecule has 0 bridgehead atoms. The summed E-state index contributed by atoms with van der Waals surface area (Å²) in [6.07, 6.45) is 0. The first-order chi connectivity index (χ1) is 9.92. The van der Waals surface area contributed by atoms with E-state index in [2.05, 4.69) is 5.32 Å². The Kier molecular flexibility index (Phi) is 4.86. The Hall–Kier alpha value is -1.58. The van der Waals surface area contributed by atoms with Crippen LogP contribution in [-0.4, -0.2) is 7.05 Å². The summed E-state index contributed by atoms with van der Waals surface area (Å²) in [5.74, 6) is 1.14. The van der Waals surface area contributed by atoms with Crippen molar-refractivity contribution in [2.45, 2.75) is 26.8 Å². The Bertz CT molecular complexity index is 657. The quantitative estimate of drug-likeness (QED) is 0.841. The molecule has 1 atom stereocenters. The monoisotopic (exact) mass is 307 g/mol. The molecule has 0 aliphatic carbocycles. The van der Waals surface area contributed by atoms with Gasteiger partial charge >= 0.3 is 0 Å². The summed E-state index contributed by atoms with van der Waals surface area (Å²) in [6, 6.07) is 8.69. The predicted octanol–water partition coefficient (Wildman–Crippen LogP) is 5.17. The fourth-order valence-corrected chi connectivity index (χ4v) is 2.33. The maximum atomic E-state index is 13.8. The molecule has 1 N–H and O–H groups in total. The van der Waals surface area contributed by atoms with E-state index in [1.165, 1.54) is 6.07 Å². The van der Waals surface area contributed by atoms with Crippen LogP contribution in [0.3, 0.4) is 0 Å². The number of benzene rings is 2. The molecule has 1 unspecified atom stereocenters. The van der Waals surface area contributed by atoms with Crippen LogP contribution in [0, 0.1) is 19.7 Å². The van der Waals surface area contributed by atoms with Crippen molar-refractivity contribution in [3.05, 3.63) is 57.9 Å². The zero-order valence-electron chi connectivity index (χ0n) is 12.6. The predicted molar refractivity (Wildman–Crippen MR) is 84.9 cm³/mol. The van der Waals surface area contributed by atoms with Crippen LogP contribution in [0.1, 0.15) is 29.7 Å². The van der Waals surface area contributed by atoms with Crippen molar-refractivity contribution in [1.29, 1.82) is 0 Å². The van der Waals surface area contributed by atoms with Crippen LogP contribution < -0.4 is 10.1 Å². The molecular formula is C17H19ClFNO. The topological polar surface area (TPSA) is 21.3 Å². The Labute approximate surface area is 129 Å². The van der Waals surface area contributed by atoms with Gasteiger partial charge in [0.1, 0.15) is 17.3 Å². The number of nitrogens with one attached hydrogen (secondary N) is 1. The van der Waals surface area contributed by atoms with E-state index in [0.717, 1.165) is 16.9 Å². The molecule has 2 aromatic rings. The molecule has 0 heterocycles. The van der Waals surface area contributed by atoms with E-state index in [0.29, 0.717) is 16.3 Å². The number of ether oxygens (including phenoxy) is 1. The van der Waals surface area contributed by atoms with E-state index in [-0.39, 0.29) is 11.9 Å². The van der Waals surface area contributed by atoms with Gasteiger partial charge in [-0.15, -0.1) is 0 Å². The lowest BCUT2D eigenvalue weighted by Crippen LogP contribution is -2.14. The van der Waals surface area contributed by atoms with E-state index < -0.39 is 0 Å². The summed E-state index contributed by atoms with van der Waals surface area (Å²) in [6.45, 7) is 5.62. The van der Waals surface area contributed by atoms with Gasteiger partial charge in [0.15, 0.2) is 0 Å². The zero-order chi connectivity index (χ0) is 15.6. The molecule has 2 nitrogen and oxygen atoms in total. The molecule has 0 radical (unpaired) electrons. The van der Waals surface area contributed by atoms with Crippen LogP contribution in [0.25, 0.3) is 0 Å². The Morgan fingerprint density at radius 1 is 1.10 bits per heavy atom. The third-order valence-electron chi connectivity index (χ3n) is 3.55. The van der Waals surface area contributed by atoms with Gasteiger partial charge in [-0.05, 0) is 69.3 Å². The Balaban J connectivity index is 2.45. The van der Waals surface area contributed by atoms with Gasteiger partial charge in [-0.1, -0.05) is 11.6 Å². The summed E-state index contributed by atoms with van der Waals surface area (Å²) in [7, 11) is 1.83. The summed E-state index contributed by atoms with van der Waals surface area (Å²) < 4.78 is 19.8. The first kappa shape index (κ1) is 15.8. The minimum atomic E-state index is -0.229. The smallest absolute Gasteiger partial charge is 0.132 e. The fourth-order valence-electron chi connectivity index (χ4n) is 2.10. The minimum absolute atomic E-state index is 0.0114. The molecule has 0 aliphatic heterocycles. The number of aryl methyl sites for hydroxylation is 2. The molecule has 2 aromatic carbocycles. The second-order valence-electron chi connectivity index (χ2n) is 5.16. The third-order valence-corrected chi connectivity index (χ3v) is 3.78. The van der Waals surface area contributed by atoms with Gasteiger partial charge in [0.05, 0.1) is 0 Å². The van der Waals surface area contributed by atoms with Crippen molar-refractivity contribution in [2.75, 3.05) is 7.05 Å². The average molecular weight is 308 g/mol. The molecule has 0 spiro atoms. The molecule has 0 saturated carbocycles. The highest BCUT2D eigenvalue weighted by molar-refractivity contribution is 6.30. The van der Waals surface area contributed by atoms with Gasteiger partial charge in [0, 0.05) is 16.6 Å². The van der Waals surface area contributed by atoms with Gasteiger partial charge < -0.3 is 10.1 Å². The lowest BCUT2D eigenvalue weighted by atomic mass is 10.0. The van der Waals surface area contributed by atoms with Crippen LogP contribution in [0.4, 0.5) is 4.39 Å². The lowest BCUT2D eigenvalue weighted by molar-refractivity contribution is 0.459. The fraction of sp³-hybridized carbons (Fsp3) is 0.294. The van der Waals surface area contributed by atoms with Gasteiger partial charge in [-0.25, -0.2) is 4.39 Å². The van der Waals surface area contributed by atoms with Crippen molar-refractivity contribution in [3.8, 4) is 11.5 Å². The molecule has 0 amide bonds. The number of hydrogen-bond donors (Lipinski definition) is 1. The van der Waals surface area contributed by atoms with Crippen LogP contribution >= 0.6 is 11.6 Å².